The van der Waals surface area contributed by atoms with Crippen molar-refractivity contribution in [3.05, 3.63) is 162 Å². The number of hydrogen-bond acceptors (Lipinski definition) is 5. The summed E-state index contributed by atoms with van der Waals surface area (Å²) in [6.07, 6.45) is 3.92. The van der Waals surface area contributed by atoms with Crippen molar-refractivity contribution >= 4 is 61.8 Å². The summed E-state index contributed by atoms with van der Waals surface area (Å²) in [6.45, 7) is 13.3. The Morgan fingerprint density at radius 2 is 1.45 bits per heavy atom. The van der Waals surface area contributed by atoms with Gasteiger partial charge in [-0.3, -0.25) is 4.98 Å². The molecule has 0 N–H and O–H groups in total. The number of nitrogens with zero attached hydrogens (tertiary/aromatic N) is 4. The van der Waals surface area contributed by atoms with E-state index in [0.717, 1.165) is 39.0 Å². The third-order valence-electron chi connectivity index (χ3n) is 10.6. The molecule has 0 unspecified atom stereocenters. The number of para-hydroxylation sites is 2. The Morgan fingerprint density at radius 3 is 2.26 bits per heavy atom. The summed E-state index contributed by atoms with van der Waals surface area (Å²) >= 11 is 1.86. The van der Waals surface area contributed by atoms with E-state index in [1.807, 2.05) is 42.4 Å². The molecule has 0 amide bonds. The molecule has 2 aliphatic rings. The first kappa shape index (κ1) is 33.8. The van der Waals surface area contributed by atoms with Crippen LogP contribution in [0.5, 0.6) is 11.5 Å². The molecular formula is C46H35N4OPtS-3. The quantitative estimate of drug-likeness (QED) is 0.130. The van der Waals surface area contributed by atoms with Crippen LogP contribution in [0.15, 0.2) is 125 Å². The molecule has 0 atom stereocenters. The average molecular weight is 887 g/mol. The van der Waals surface area contributed by atoms with E-state index >= 15 is 0 Å². The zero-order valence-corrected chi connectivity index (χ0v) is 33.1. The molecule has 7 heteroatoms. The molecule has 4 heterocycles. The number of fused-ring (bicyclic) bond motifs is 9. The molecule has 5 nitrogen and oxygen atoms in total. The van der Waals surface area contributed by atoms with Gasteiger partial charge >= 0.3 is 0 Å². The Balaban J connectivity index is 0.00000372. The van der Waals surface area contributed by atoms with Crippen molar-refractivity contribution in [1.82, 2.24) is 9.38 Å². The number of aryl methyl sites for hydroxylation is 3. The van der Waals surface area contributed by atoms with Crippen LogP contribution in [-0.4, -0.2) is 9.38 Å². The average Bonchev–Trinajstić information content (AvgIpc) is 3.78. The van der Waals surface area contributed by atoms with Crippen molar-refractivity contribution in [2.45, 2.75) is 49.8 Å². The second-order valence-electron chi connectivity index (χ2n) is 14.4. The first-order valence-corrected chi connectivity index (χ1v) is 18.4. The number of rotatable bonds is 4. The molecule has 0 radical (unpaired) electrons. The number of aromatic nitrogens is 2. The first-order chi connectivity index (χ1) is 25.2. The summed E-state index contributed by atoms with van der Waals surface area (Å²) in [5.74, 6) is 1.23. The maximum atomic E-state index is 6.53. The Labute approximate surface area is 328 Å². The summed E-state index contributed by atoms with van der Waals surface area (Å²) in [4.78, 5) is 11.9. The molecule has 10 rings (SSSR count). The molecule has 0 aliphatic carbocycles. The number of ether oxygens (including phenoxy) is 1. The van der Waals surface area contributed by atoms with Gasteiger partial charge < -0.3 is 18.9 Å². The molecule has 0 spiro atoms. The maximum absolute atomic E-state index is 6.53. The second kappa shape index (κ2) is 12.5. The van der Waals surface area contributed by atoms with E-state index < -0.39 is 0 Å². The number of pyridine rings is 1. The Morgan fingerprint density at radius 1 is 0.717 bits per heavy atom. The molecule has 0 saturated carbocycles. The smallest absolute Gasteiger partial charge is 0.0609 e. The van der Waals surface area contributed by atoms with Crippen molar-refractivity contribution in [1.29, 1.82) is 0 Å². The molecule has 0 fully saturated rings. The van der Waals surface area contributed by atoms with Crippen molar-refractivity contribution < 1.29 is 25.8 Å². The first-order valence-electron chi connectivity index (χ1n) is 17.6. The van der Waals surface area contributed by atoms with Crippen LogP contribution in [0, 0.1) is 39.6 Å². The largest absolute Gasteiger partial charge is 0.503 e. The Kier molecular flexibility index (Phi) is 7.99. The Hall–Kier alpha value is -5.03. The van der Waals surface area contributed by atoms with Crippen LogP contribution in [0.25, 0.3) is 27.3 Å². The SMILES string of the molecule is Cc1cc(C)c(N2[CH-]N(c3[c-]c(Oc4[c-]c5c(cc4)c4cc6c(cc4n4ccnc54)C(C)(C)c4ccccc4S6)ccc3)c3ccccc32)c(C)c1.[Pt]. The van der Waals surface area contributed by atoms with Gasteiger partial charge in [-0.1, -0.05) is 90.5 Å². The van der Waals surface area contributed by atoms with E-state index in [9.17, 15) is 0 Å². The fraction of sp³-hybridized carbons (Fsp3) is 0.130. The number of hydrogen-bond donors (Lipinski definition) is 0. The van der Waals surface area contributed by atoms with Gasteiger partial charge in [0.15, 0.2) is 0 Å². The van der Waals surface area contributed by atoms with E-state index in [4.69, 9.17) is 9.72 Å². The van der Waals surface area contributed by atoms with Gasteiger partial charge in [0.25, 0.3) is 0 Å². The van der Waals surface area contributed by atoms with Crippen LogP contribution in [0.1, 0.15) is 41.7 Å². The molecule has 264 valence electrons. The minimum absolute atomic E-state index is 0. The molecule has 6 aromatic carbocycles. The summed E-state index contributed by atoms with van der Waals surface area (Å²) in [7, 11) is 0. The molecule has 53 heavy (non-hydrogen) atoms. The van der Waals surface area contributed by atoms with Crippen LogP contribution in [0.2, 0.25) is 0 Å². The Bertz CT molecular complexity index is 2750. The molecule has 2 aromatic heterocycles. The number of benzene rings is 6. The van der Waals surface area contributed by atoms with Crippen LogP contribution >= 0.6 is 11.8 Å². The minimum Gasteiger partial charge on any atom is -0.503 e. The van der Waals surface area contributed by atoms with E-state index in [-0.39, 0.29) is 26.5 Å². The summed E-state index contributed by atoms with van der Waals surface area (Å²) < 4.78 is 8.72. The molecule has 8 aromatic rings. The molecule has 0 saturated heterocycles. The van der Waals surface area contributed by atoms with Gasteiger partial charge in [-0.2, -0.15) is 6.07 Å². The van der Waals surface area contributed by atoms with Crippen LogP contribution in [0.4, 0.5) is 22.7 Å². The third kappa shape index (κ3) is 5.29. The van der Waals surface area contributed by atoms with Crippen molar-refractivity contribution in [2.24, 2.45) is 0 Å². The van der Waals surface area contributed by atoms with E-state index in [0.29, 0.717) is 11.5 Å². The van der Waals surface area contributed by atoms with Gasteiger partial charge in [-0.15, -0.1) is 42.7 Å². The van der Waals surface area contributed by atoms with Crippen LogP contribution in [0.3, 0.4) is 0 Å². The van der Waals surface area contributed by atoms with E-state index in [1.54, 1.807) is 0 Å². The summed E-state index contributed by atoms with van der Waals surface area (Å²) in [5, 5.41) is 3.20. The predicted molar refractivity (Wildman–Crippen MR) is 213 cm³/mol. The standard InChI is InChI=1S/C46H35N4OS.Pt/c1-28-21-29(2)44(30(3)22-28)50-27-49(39-14-7-8-15-40(39)50)31-11-10-12-32(23-31)51-33-17-18-34-35-25-43-38(46(4,5)37-13-6-9-16-42(37)52-43)26-41(35)48-20-19-47-45(48)36(34)24-33;/h6-22,25-27H,1-5H3;/q-3;. The van der Waals surface area contributed by atoms with E-state index in [1.165, 1.54) is 48.7 Å². The fourth-order valence-electron chi connectivity index (χ4n) is 8.30. The maximum Gasteiger partial charge on any atom is 0.0609 e. The van der Waals surface area contributed by atoms with Gasteiger partial charge in [0.1, 0.15) is 0 Å². The van der Waals surface area contributed by atoms with Crippen LogP contribution < -0.4 is 14.5 Å². The van der Waals surface area contributed by atoms with Crippen molar-refractivity contribution in [2.75, 3.05) is 9.80 Å². The van der Waals surface area contributed by atoms with Gasteiger partial charge in [-0.25, -0.2) is 0 Å². The number of anilines is 4. The minimum atomic E-state index is -0.117. The predicted octanol–water partition coefficient (Wildman–Crippen LogP) is 12.2. The molecule has 0 bridgehead atoms. The summed E-state index contributed by atoms with van der Waals surface area (Å²) in [6, 6.07) is 43.8. The van der Waals surface area contributed by atoms with Crippen molar-refractivity contribution in [3.8, 4) is 11.5 Å². The normalized spacial score (nSPS) is 14.3. The van der Waals surface area contributed by atoms with Crippen molar-refractivity contribution in [3.63, 3.8) is 0 Å². The number of imidazole rings is 1. The molecule has 2 aliphatic heterocycles. The van der Waals surface area contributed by atoms with E-state index in [2.05, 4.69) is 153 Å². The van der Waals surface area contributed by atoms with Gasteiger partial charge in [0, 0.05) is 82.7 Å². The fourth-order valence-corrected chi connectivity index (χ4v) is 9.72. The zero-order valence-electron chi connectivity index (χ0n) is 30.0. The zero-order chi connectivity index (χ0) is 35.3. The van der Waals surface area contributed by atoms with Crippen LogP contribution in [-0.2, 0) is 26.5 Å². The second-order valence-corrected chi connectivity index (χ2v) is 15.5. The monoisotopic (exact) mass is 886 g/mol. The van der Waals surface area contributed by atoms with Gasteiger partial charge in [-0.05, 0) is 78.7 Å². The van der Waals surface area contributed by atoms with Gasteiger partial charge in [0.05, 0.1) is 5.65 Å². The topological polar surface area (TPSA) is 33.0 Å². The third-order valence-corrected chi connectivity index (χ3v) is 11.8. The summed E-state index contributed by atoms with van der Waals surface area (Å²) in [5.41, 5.74) is 12.6. The van der Waals surface area contributed by atoms with Gasteiger partial charge in [0.2, 0.25) is 0 Å². The molecular weight excluding hydrogens is 852 g/mol.